The molecule has 2 heterocycles. The van der Waals surface area contributed by atoms with Crippen LogP contribution in [0.3, 0.4) is 0 Å². The Bertz CT molecular complexity index is 707. The van der Waals surface area contributed by atoms with Crippen molar-refractivity contribution in [2.45, 2.75) is 37.4 Å². The first-order valence-corrected chi connectivity index (χ1v) is 8.08. The molecule has 0 amide bonds. The zero-order valence-electron chi connectivity index (χ0n) is 13.2. The minimum Gasteiger partial charge on any atom is -0.489 e. The number of rotatable bonds is 4. The summed E-state index contributed by atoms with van der Waals surface area (Å²) in [5, 5.41) is 11.0. The molecular weight excluding hydrogens is 311 g/mol. The van der Waals surface area contributed by atoms with Gasteiger partial charge >= 0.3 is 0 Å². The van der Waals surface area contributed by atoms with Crippen LogP contribution in [-0.2, 0) is 21.7 Å². The summed E-state index contributed by atoms with van der Waals surface area (Å²) in [4.78, 5) is 0. The molecule has 5 heteroatoms. The largest absolute Gasteiger partial charge is 0.489 e. The zero-order chi connectivity index (χ0) is 16.6. The second kappa shape index (κ2) is 6.16. The van der Waals surface area contributed by atoms with Crippen LogP contribution in [0.1, 0.15) is 24.0 Å². The first-order chi connectivity index (χ1) is 11.6. The van der Waals surface area contributed by atoms with E-state index < -0.39 is 17.7 Å². The van der Waals surface area contributed by atoms with Gasteiger partial charge in [0.15, 0.2) is 6.29 Å². The predicted octanol–water partition coefficient (Wildman–Crippen LogP) is 3.13. The highest BCUT2D eigenvalue weighted by Gasteiger charge is 2.46. The molecule has 3 atom stereocenters. The van der Waals surface area contributed by atoms with Crippen molar-refractivity contribution in [3.63, 3.8) is 0 Å². The van der Waals surface area contributed by atoms with Crippen molar-refractivity contribution in [3.05, 3.63) is 65.5 Å². The molecule has 0 aliphatic carbocycles. The molecule has 4 rings (SSSR count). The van der Waals surface area contributed by atoms with E-state index in [-0.39, 0.29) is 6.10 Å². The van der Waals surface area contributed by atoms with Crippen LogP contribution in [0.15, 0.2) is 48.5 Å². The normalized spacial score (nSPS) is 28.8. The third kappa shape index (κ3) is 3.15. The van der Waals surface area contributed by atoms with E-state index in [9.17, 15) is 9.50 Å². The van der Waals surface area contributed by atoms with Crippen molar-refractivity contribution in [1.29, 1.82) is 0 Å². The Kier molecular flexibility index (Phi) is 4.00. The zero-order valence-corrected chi connectivity index (χ0v) is 13.2. The van der Waals surface area contributed by atoms with Crippen LogP contribution in [0.25, 0.3) is 0 Å². The summed E-state index contributed by atoms with van der Waals surface area (Å²) < 4.78 is 30.8. The van der Waals surface area contributed by atoms with Crippen molar-refractivity contribution < 1.29 is 23.7 Å². The molecule has 0 spiro atoms. The number of benzene rings is 2. The number of aliphatic hydroxyl groups is 1. The molecule has 2 aromatic carbocycles. The molecule has 1 N–H and O–H groups in total. The van der Waals surface area contributed by atoms with E-state index in [1.807, 2.05) is 30.3 Å². The lowest BCUT2D eigenvalue weighted by atomic mass is 9.84. The van der Waals surface area contributed by atoms with Gasteiger partial charge in [0.1, 0.15) is 18.2 Å². The highest BCUT2D eigenvalue weighted by molar-refractivity contribution is 5.34. The highest BCUT2D eigenvalue weighted by Crippen LogP contribution is 2.42. The summed E-state index contributed by atoms with van der Waals surface area (Å²) in [6.07, 6.45) is 0.118. The average molecular weight is 330 g/mol. The Hall–Kier alpha value is -1.95. The minimum absolute atomic E-state index is 0.147. The third-order valence-corrected chi connectivity index (χ3v) is 4.54. The summed E-state index contributed by atoms with van der Waals surface area (Å²) in [5.41, 5.74) is 0.353. The summed E-state index contributed by atoms with van der Waals surface area (Å²) >= 11 is 0. The van der Waals surface area contributed by atoms with Crippen molar-refractivity contribution in [3.8, 4) is 5.75 Å². The van der Waals surface area contributed by atoms with Crippen molar-refractivity contribution >= 4 is 0 Å². The van der Waals surface area contributed by atoms with Gasteiger partial charge in [-0.1, -0.05) is 30.3 Å². The van der Waals surface area contributed by atoms with E-state index in [1.165, 1.54) is 12.1 Å². The SMILES string of the molecule is OC1(c2cc(F)cc(OCc3ccccc3)c2)CC2COC(C1)O2. The second-order valence-electron chi connectivity index (χ2n) is 6.41. The van der Waals surface area contributed by atoms with Gasteiger partial charge in [0, 0.05) is 18.9 Å². The summed E-state index contributed by atoms with van der Waals surface area (Å²) in [6, 6.07) is 14.1. The number of hydrogen-bond donors (Lipinski definition) is 1. The molecule has 0 radical (unpaired) electrons. The van der Waals surface area contributed by atoms with Gasteiger partial charge in [-0.3, -0.25) is 0 Å². The Labute approximate surface area is 139 Å². The molecule has 126 valence electrons. The molecule has 4 nitrogen and oxygen atoms in total. The Morgan fingerprint density at radius 3 is 2.79 bits per heavy atom. The summed E-state index contributed by atoms with van der Waals surface area (Å²) in [6.45, 7) is 0.819. The van der Waals surface area contributed by atoms with Crippen LogP contribution in [0, 0.1) is 5.82 Å². The smallest absolute Gasteiger partial charge is 0.161 e. The lowest BCUT2D eigenvalue weighted by Crippen LogP contribution is -2.39. The number of halogens is 1. The van der Waals surface area contributed by atoms with Gasteiger partial charge in [-0.05, 0) is 23.3 Å². The second-order valence-corrected chi connectivity index (χ2v) is 6.41. The van der Waals surface area contributed by atoms with E-state index in [0.29, 0.717) is 37.4 Å². The Balaban J connectivity index is 1.55. The van der Waals surface area contributed by atoms with Gasteiger partial charge in [0.2, 0.25) is 0 Å². The van der Waals surface area contributed by atoms with Gasteiger partial charge in [-0.25, -0.2) is 4.39 Å². The van der Waals surface area contributed by atoms with Crippen molar-refractivity contribution in [2.75, 3.05) is 6.61 Å². The number of ether oxygens (including phenoxy) is 3. The number of hydrogen-bond acceptors (Lipinski definition) is 4. The summed E-state index contributed by atoms with van der Waals surface area (Å²) in [5.74, 6) is -0.0224. The maximum absolute atomic E-state index is 14.0. The van der Waals surface area contributed by atoms with E-state index in [1.54, 1.807) is 6.07 Å². The van der Waals surface area contributed by atoms with E-state index in [0.717, 1.165) is 5.56 Å². The van der Waals surface area contributed by atoms with Crippen molar-refractivity contribution in [1.82, 2.24) is 0 Å². The van der Waals surface area contributed by atoms with Crippen molar-refractivity contribution in [2.24, 2.45) is 0 Å². The van der Waals surface area contributed by atoms with Gasteiger partial charge in [-0.15, -0.1) is 0 Å². The molecule has 2 aliphatic rings. The lowest BCUT2D eigenvalue weighted by Gasteiger charge is -2.35. The molecule has 24 heavy (non-hydrogen) atoms. The van der Waals surface area contributed by atoms with Crippen LogP contribution in [0.4, 0.5) is 4.39 Å². The highest BCUT2D eigenvalue weighted by atomic mass is 19.1. The first kappa shape index (κ1) is 15.6. The fraction of sp³-hybridized carbons (Fsp3) is 0.368. The molecule has 2 saturated heterocycles. The third-order valence-electron chi connectivity index (χ3n) is 4.54. The Morgan fingerprint density at radius 1 is 1.17 bits per heavy atom. The monoisotopic (exact) mass is 330 g/mol. The molecule has 2 aromatic rings. The molecular formula is C19H19FO4. The van der Waals surface area contributed by atoms with Gasteiger partial charge in [0.05, 0.1) is 18.3 Å². The number of fused-ring (bicyclic) bond motifs is 2. The van der Waals surface area contributed by atoms with Crippen LogP contribution >= 0.6 is 0 Å². The maximum atomic E-state index is 14.0. The predicted molar refractivity (Wildman–Crippen MR) is 84.9 cm³/mol. The molecule has 3 unspecified atom stereocenters. The molecule has 2 aliphatic heterocycles. The molecule has 2 fully saturated rings. The summed E-state index contributed by atoms with van der Waals surface area (Å²) in [7, 11) is 0. The minimum atomic E-state index is -1.16. The Morgan fingerprint density at radius 2 is 2.00 bits per heavy atom. The maximum Gasteiger partial charge on any atom is 0.161 e. The van der Waals surface area contributed by atoms with Gasteiger partial charge < -0.3 is 19.3 Å². The van der Waals surface area contributed by atoms with Crippen LogP contribution in [-0.4, -0.2) is 24.1 Å². The van der Waals surface area contributed by atoms with Crippen LogP contribution in [0.2, 0.25) is 0 Å². The fourth-order valence-electron chi connectivity index (χ4n) is 3.35. The topological polar surface area (TPSA) is 47.9 Å². The standard InChI is InChI=1S/C19H19FO4/c20-15-6-14(19(21)9-17-12-23-18(10-19)24-17)7-16(8-15)22-11-13-4-2-1-3-5-13/h1-8,17-18,21H,9-12H2. The first-order valence-electron chi connectivity index (χ1n) is 8.08. The van der Waals surface area contributed by atoms with E-state index in [4.69, 9.17) is 14.2 Å². The molecule has 0 saturated carbocycles. The van der Waals surface area contributed by atoms with Gasteiger partial charge in [0.25, 0.3) is 0 Å². The quantitative estimate of drug-likeness (QED) is 0.936. The van der Waals surface area contributed by atoms with E-state index >= 15 is 0 Å². The molecule has 0 aromatic heterocycles. The lowest BCUT2D eigenvalue weighted by molar-refractivity contribution is -0.159. The molecule has 2 bridgehead atoms. The fourth-order valence-corrected chi connectivity index (χ4v) is 3.35. The van der Waals surface area contributed by atoms with Crippen LogP contribution < -0.4 is 4.74 Å². The average Bonchev–Trinajstić information content (AvgIpc) is 2.93. The van der Waals surface area contributed by atoms with E-state index in [2.05, 4.69) is 0 Å². The van der Waals surface area contributed by atoms with Gasteiger partial charge in [-0.2, -0.15) is 0 Å². The van der Waals surface area contributed by atoms with Crippen LogP contribution in [0.5, 0.6) is 5.75 Å².